The molecule has 3 rings (SSSR count). The van der Waals surface area contributed by atoms with Crippen molar-refractivity contribution in [2.45, 2.75) is 0 Å². The van der Waals surface area contributed by atoms with Crippen LogP contribution in [-0.2, 0) is 0 Å². The highest BCUT2D eigenvalue weighted by atomic mass is 16.4. The fourth-order valence-electron chi connectivity index (χ4n) is 2.29. The molecule has 23 heavy (non-hydrogen) atoms. The Balaban J connectivity index is 1.74. The molecule has 0 aliphatic rings. The number of nitrogens with zero attached hydrogens (tertiary/aromatic N) is 2. The molecule has 1 heterocycles. The number of carbonyl (C=O) groups is 1. The van der Waals surface area contributed by atoms with Crippen molar-refractivity contribution in [1.29, 1.82) is 0 Å². The Hall–Kier alpha value is -3.08. The normalized spacial score (nSPS) is 11.0. The first-order chi connectivity index (χ1) is 11.1. The van der Waals surface area contributed by atoms with Crippen molar-refractivity contribution in [1.82, 2.24) is 5.43 Å². The standard InChI is InChI=1S/C18H17N3O2/c1-21(2)17-11-10-14(23-17)12-19-20-18(22)16-9-5-7-13-6-3-4-8-15(13)16/h3-12H,1-2H3,(H,20,22)/b19-12-. The summed E-state index contributed by atoms with van der Waals surface area (Å²) in [6.07, 6.45) is 1.48. The van der Waals surface area contributed by atoms with Crippen LogP contribution in [0.25, 0.3) is 10.8 Å². The minimum atomic E-state index is -0.252. The highest BCUT2D eigenvalue weighted by Gasteiger charge is 2.08. The molecule has 1 aromatic heterocycles. The summed E-state index contributed by atoms with van der Waals surface area (Å²) in [5, 5.41) is 5.88. The van der Waals surface area contributed by atoms with Gasteiger partial charge in [-0.15, -0.1) is 0 Å². The number of benzene rings is 2. The van der Waals surface area contributed by atoms with Crippen molar-refractivity contribution < 1.29 is 9.21 Å². The van der Waals surface area contributed by atoms with Crippen molar-refractivity contribution in [3.8, 4) is 0 Å². The second-order valence-electron chi connectivity index (χ2n) is 5.30. The van der Waals surface area contributed by atoms with E-state index in [4.69, 9.17) is 4.42 Å². The average Bonchev–Trinajstić information content (AvgIpc) is 3.03. The van der Waals surface area contributed by atoms with Gasteiger partial charge in [0, 0.05) is 25.7 Å². The Morgan fingerprint density at radius 1 is 1.09 bits per heavy atom. The van der Waals surface area contributed by atoms with Crippen molar-refractivity contribution in [3.63, 3.8) is 0 Å². The summed E-state index contributed by atoms with van der Waals surface area (Å²) < 4.78 is 5.53. The van der Waals surface area contributed by atoms with E-state index in [0.717, 1.165) is 16.7 Å². The monoisotopic (exact) mass is 307 g/mol. The molecule has 1 N–H and O–H groups in total. The van der Waals surface area contributed by atoms with E-state index in [-0.39, 0.29) is 5.91 Å². The van der Waals surface area contributed by atoms with E-state index in [2.05, 4.69) is 10.5 Å². The number of hydrazone groups is 1. The van der Waals surface area contributed by atoms with E-state index in [1.165, 1.54) is 6.21 Å². The summed E-state index contributed by atoms with van der Waals surface area (Å²) in [6.45, 7) is 0. The minimum Gasteiger partial charge on any atom is -0.440 e. The largest absolute Gasteiger partial charge is 0.440 e. The molecule has 2 aromatic carbocycles. The minimum absolute atomic E-state index is 0.252. The van der Waals surface area contributed by atoms with Gasteiger partial charge >= 0.3 is 0 Å². The van der Waals surface area contributed by atoms with E-state index in [0.29, 0.717) is 11.3 Å². The lowest BCUT2D eigenvalue weighted by Crippen LogP contribution is -2.17. The van der Waals surface area contributed by atoms with E-state index in [9.17, 15) is 4.79 Å². The Kier molecular flexibility index (Phi) is 4.10. The van der Waals surface area contributed by atoms with Crippen LogP contribution < -0.4 is 10.3 Å². The van der Waals surface area contributed by atoms with E-state index >= 15 is 0 Å². The van der Waals surface area contributed by atoms with Gasteiger partial charge < -0.3 is 9.32 Å². The summed E-state index contributed by atoms with van der Waals surface area (Å²) in [4.78, 5) is 14.2. The summed E-state index contributed by atoms with van der Waals surface area (Å²) in [7, 11) is 3.78. The maximum Gasteiger partial charge on any atom is 0.271 e. The predicted molar refractivity (Wildman–Crippen MR) is 92.0 cm³/mol. The van der Waals surface area contributed by atoms with Crippen molar-refractivity contribution in [2.75, 3.05) is 19.0 Å². The molecule has 0 fully saturated rings. The number of rotatable bonds is 4. The van der Waals surface area contributed by atoms with Crippen LogP contribution in [0.1, 0.15) is 16.1 Å². The summed E-state index contributed by atoms with van der Waals surface area (Å²) in [6, 6.07) is 17.0. The molecule has 1 amide bonds. The average molecular weight is 307 g/mol. The molecule has 0 aliphatic carbocycles. The lowest BCUT2D eigenvalue weighted by Gasteiger charge is -2.06. The SMILES string of the molecule is CN(C)c1ccc(/C=N\NC(=O)c2cccc3ccccc23)o1. The fraction of sp³-hybridized carbons (Fsp3) is 0.111. The zero-order valence-corrected chi connectivity index (χ0v) is 13.0. The van der Waals surface area contributed by atoms with Gasteiger partial charge in [0.15, 0.2) is 5.88 Å². The molecule has 5 nitrogen and oxygen atoms in total. The van der Waals surface area contributed by atoms with Gasteiger partial charge in [-0.3, -0.25) is 4.79 Å². The zero-order valence-electron chi connectivity index (χ0n) is 13.0. The smallest absolute Gasteiger partial charge is 0.271 e. The summed E-state index contributed by atoms with van der Waals surface area (Å²) >= 11 is 0. The third kappa shape index (κ3) is 3.23. The Labute approximate surface area is 134 Å². The zero-order chi connectivity index (χ0) is 16.2. The van der Waals surface area contributed by atoms with Gasteiger partial charge in [-0.25, -0.2) is 5.43 Å². The molecule has 0 unspecified atom stereocenters. The molecule has 5 heteroatoms. The van der Waals surface area contributed by atoms with Gasteiger partial charge in [-0.05, 0) is 22.9 Å². The number of carbonyl (C=O) groups excluding carboxylic acids is 1. The molecule has 0 radical (unpaired) electrons. The molecular formula is C18H17N3O2. The van der Waals surface area contributed by atoms with Crippen LogP contribution in [-0.4, -0.2) is 26.2 Å². The number of furan rings is 1. The molecule has 0 atom stereocenters. The fourth-order valence-corrected chi connectivity index (χ4v) is 2.29. The first kappa shape index (κ1) is 14.8. The van der Waals surface area contributed by atoms with Crippen LogP contribution in [0, 0.1) is 0 Å². The Morgan fingerprint density at radius 2 is 1.87 bits per heavy atom. The topological polar surface area (TPSA) is 57.8 Å². The lowest BCUT2D eigenvalue weighted by atomic mass is 10.0. The molecule has 0 aliphatic heterocycles. The number of anilines is 1. The highest BCUT2D eigenvalue weighted by Crippen LogP contribution is 2.18. The molecule has 3 aromatic rings. The second-order valence-corrected chi connectivity index (χ2v) is 5.30. The van der Waals surface area contributed by atoms with E-state index in [1.807, 2.05) is 61.5 Å². The van der Waals surface area contributed by atoms with E-state index in [1.54, 1.807) is 12.1 Å². The van der Waals surface area contributed by atoms with Crippen molar-refractivity contribution in [3.05, 3.63) is 65.9 Å². The molecule has 0 bridgehead atoms. The van der Waals surface area contributed by atoms with Gasteiger partial charge in [-0.2, -0.15) is 5.10 Å². The highest BCUT2D eigenvalue weighted by molar-refractivity contribution is 6.07. The number of hydrogen-bond donors (Lipinski definition) is 1. The Morgan fingerprint density at radius 3 is 2.65 bits per heavy atom. The lowest BCUT2D eigenvalue weighted by molar-refractivity contribution is 0.0957. The predicted octanol–water partition coefficient (Wildman–Crippen LogP) is 3.26. The summed E-state index contributed by atoms with van der Waals surface area (Å²) in [5.41, 5.74) is 3.13. The molecule has 116 valence electrons. The quantitative estimate of drug-likeness (QED) is 0.594. The van der Waals surface area contributed by atoms with Crippen LogP contribution in [0.3, 0.4) is 0 Å². The van der Waals surface area contributed by atoms with Crippen LogP contribution in [0.4, 0.5) is 5.88 Å². The van der Waals surface area contributed by atoms with Crippen LogP contribution in [0.2, 0.25) is 0 Å². The second kappa shape index (κ2) is 6.36. The number of amides is 1. The third-order valence-electron chi connectivity index (χ3n) is 3.45. The van der Waals surface area contributed by atoms with Crippen LogP contribution >= 0.6 is 0 Å². The third-order valence-corrected chi connectivity index (χ3v) is 3.45. The maximum atomic E-state index is 12.3. The molecule has 0 spiro atoms. The summed E-state index contributed by atoms with van der Waals surface area (Å²) in [5.74, 6) is 1.05. The van der Waals surface area contributed by atoms with Gasteiger partial charge in [0.05, 0.1) is 6.21 Å². The van der Waals surface area contributed by atoms with Gasteiger partial charge in [0.2, 0.25) is 0 Å². The maximum absolute atomic E-state index is 12.3. The first-order valence-corrected chi connectivity index (χ1v) is 7.23. The van der Waals surface area contributed by atoms with Crippen LogP contribution in [0.15, 0.2) is 64.1 Å². The van der Waals surface area contributed by atoms with E-state index < -0.39 is 0 Å². The number of hydrogen-bond acceptors (Lipinski definition) is 4. The molecule has 0 saturated carbocycles. The van der Waals surface area contributed by atoms with Crippen molar-refractivity contribution >= 4 is 28.8 Å². The van der Waals surface area contributed by atoms with Crippen LogP contribution in [0.5, 0.6) is 0 Å². The first-order valence-electron chi connectivity index (χ1n) is 7.23. The number of nitrogens with one attached hydrogen (secondary N) is 1. The molecule has 0 saturated heterocycles. The van der Waals surface area contributed by atoms with Crippen molar-refractivity contribution in [2.24, 2.45) is 5.10 Å². The van der Waals surface area contributed by atoms with Gasteiger partial charge in [0.1, 0.15) is 5.76 Å². The van der Waals surface area contributed by atoms with Gasteiger partial charge in [0.25, 0.3) is 5.91 Å². The molecular weight excluding hydrogens is 290 g/mol. The number of fused-ring (bicyclic) bond motifs is 1. The van der Waals surface area contributed by atoms with Gasteiger partial charge in [-0.1, -0.05) is 36.4 Å². The Bertz CT molecular complexity index is 860.